The number of carbonyl (C=O) groups excluding carboxylic acids is 2. The highest BCUT2D eigenvalue weighted by molar-refractivity contribution is 5.69. The lowest BCUT2D eigenvalue weighted by molar-refractivity contribution is 0.0516. The van der Waals surface area contributed by atoms with E-state index in [9.17, 15) is 9.59 Å². The standard InChI is InChI=1S/C19H30N2O4/c1-6-14(2)16(12-20-17(22)25-19(3,4)5)21-18(23)24-13-15-10-8-7-9-11-15/h7-11,14,16H,6,12-13H2,1-5H3,(H,20,22)(H,21,23)/t14?,16-/m1/s1. The summed E-state index contributed by atoms with van der Waals surface area (Å²) in [5.41, 5.74) is 0.363. The van der Waals surface area contributed by atoms with Crippen molar-refractivity contribution >= 4 is 12.2 Å². The minimum atomic E-state index is -0.558. The maximum absolute atomic E-state index is 12.0. The number of hydrogen-bond acceptors (Lipinski definition) is 4. The Morgan fingerprint density at radius 3 is 2.32 bits per heavy atom. The lowest BCUT2D eigenvalue weighted by Crippen LogP contribution is -2.48. The number of benzene rings is 1. The van der Waals surface area contributed by atoms with Gasteiger partial charge in [-0.25, -0.2) is 9.59 Å². The summed E-state index contributed by atoms with van der Waals surface area (Å²) in [6.07, 6.45) is -0.139. The molecule has 2 amide bonds. The highest BCUT2D eigenvalue weighted by Gasteiger charge is 2.22. The largest absolute Gasteiger partial charge is 0.445 e. The lowest BCUT2D eigenvalue weighted by atomic mass is 9.99. The van der Waals surface area contributed by atoms with E-state index < -0.39 is 17.8 Å². The zero-order chi connectivity index (χ0) is 18.9. The van der Waals surface area contributed by atoms with Crippen LogP contribution in [0.3, 0.4) is 0 Å². The van der Waals surface area contributed by atoms with Crippen molar-refractivity contribution in [2.45, 2.75) is 59.3 Å². The summed E-state index contributed by atoms with van der Waals surface area (Å²) in [5.74, 6) is 0.180. The molecule has 1 aromatic rings. The molecule has 6 nitrogen and oxygen atoms in total. The van der Waals surface area contributed by atoms with E-state index in [2.05, 4.69) is 10.6 Å². The number of carbonyl (C=O) groups is 2. The summed E-state index contributed by atoms with van der Waals surface area (Å²) >= 11 is 0. The predicted octanol–water partition coefficient (Wildman–Crippen LogP) is 3.85. The first-order valence-electron chi connectivity index (χ1n) is 8.65. The number of nitrogens with one attached hydrogen (secondary N) is 2. The van der Waals surface area contributed by atoms with Crippen molar-refractivity contribution in [1.82, 2.24) is 10.6 Å². The molecule has 1 unspecified atom stereocenters. The van der Waals surface area contributed by atoms with Gasteiger partial charge in [0.2, 0.25) is 0 Å². The monoisotopic (exact) mass is 350 g/mol. The Labute approximate surface area is 150 Å². The number of ether oxygens (including phenoxy) is 2. The molecule has 1 rings (SSSR count). The van der Waals surface area contributed by atoms with Gasteiger partial charge in [0.25, 0.3) is 0 Å². The molecular formula is C19H30N2O4. The van der Waals surface area contributed by atoms with E-state index in [-0.39, 0.29) is 25.1 Å². The Balaban J connectivity index is 2.49. The van der Waals surface area contributed by atoms with E-state index in [1.54, 1.807) is 20.8 Å². The average molecular weight is 350 g/mol. The molecule has 0 aliphatic carbocycles. The molecule has 0 aliphatic heterocycles. The minimum absolute atomic E-state index is 0.180. The molecule has 1 aromatic carbocycles. The Morgan fingerprint density at radius 2 is 1.76 bits per heavy atom. The summed E-state index contributed by atoms with van der Waals surface area (Å²) in [7, 11) is 0. The van der Waals surface area contributed by atoms with Crippen LogP contribution in [0.25, 0.3) is 0 Å². The van der Waals surface area contributed by atoms with Gasteiger partial charge in [-0.2, -0.15) is 0 Å². The molecule has 25 heavy (non-hydrogen) atoms. The maximum atomic E-state index is 12.0. The molecule has 140 valence electrons. The highest BCUT2D eigenvalue weighted by Crippen LogP contribution is 2.10. The first-order chi connectivity index (χ1) is 11.7. The third kappa shape index (κ3) is 8.98. The molecule has 2 atom stereocenters. The summed E-state index contributed by atoms with van der Waals surface area (Å²) in [5, 5.41) is 5.53. The number of hydrogen-bond donors (Lipinski definition) is 2. The van der Waals surface area contributed by atoms with Gasteiger partial charge in [0.15, 0.2) is 0 Å². The summed E-state index contributed by atoms with van der Waals surface area (Å²) in [4.78, 5) is 23.8. The summed E-state index contributed by atoms with van der Waals surface area (Å²) in [6.45, 7) is 9.94. The molecule has 0 aliphatic rings. The first kappa shape index (κ1) is 20.8. The molecule has 0 aromatic heterocycles. The zero-order valence-corrected chi connectivity index (χ0v) is 15.8. The van der Waals surface area contributed by atoms with Crippen LogP contribution in [0.1, 0.15) is 46.6 Å². The van der Waals surface area contributed by atoms with Crippen LogP contribution in [0.5, 0.6) is 0 Å². The number of amides is 2. The maximum Gasteiger partial charge on any atom is 0.407 e. The van der Waals surface area contributed by atoms with Crippen molar-refractivity contribution in [3.8, 4) is 0 Å². The molecule has 0 heterocycles. The fourth-order valence-electron chi connectivity index (χ4n) is 2.10. The molecule has 0 radical (unpaired) electrons. The van der Waals surface area contributed by atoms with Crippen molar-refractivity contribution in [2.75, 3.05) is 6.54 Å². The van der Waals surface area contributed by atoms with Crippen LogP contribution < -0.4 is 10.6 Å². The van der Waals surface area contributed by atoms with Crippen molar-refractivity contribution < 1.29 is 19.1 Å². The van der Waals surface area contributed by atoms with E-state index >= 15 is 0 Å². The van der Waals surface area contributed by atoms with Crippen molar-refractivity contribution in [1.29, 1.82) is 0 Å². The smallest absolute Gasteiger partial charge is 0.407 e. The van der Waals surface area contributed by atoms with Crippen LogP contribution in [0.2, 0.25) is 0 Å². The summed E-state index contributed by atoms with van der Waals surface area (Å²) < 4.78 is 10.5. The number of rotatable bonds is 7. The van der Waals surface area contributed by atoms with Gasteiger partial charge in [0.05, 0.1) is 6.04 Å². The van der Waals surface area contributed by atoms with E-state index in [0.29, 0.717) is 0 Å². The Kier molecular flexibility index (Phi) is 8.25. The van der Waals surface area contributed by atoms with E-state index in [4.69, 9.17) is 9.47 Å². The van der Waals surface area contributed by atoms with Gasteiger partial charge in [0.1, 0.15) is 12.2 Å². The van der Waals surface area contributed by atoms with Gasteiger partial charge >= 0.3 is 12.2 Å². The molecule has 2 N–H and O–H groups in total. The Hall–Kier alpha value is -2.24. The van der Waals surface area contributed by atoms with Gasteiger partial charge in [-0.3, -0.25) is 0 Å². The van der Waals surface area contributed by atoms with Gasteiger partial charge in [-0.05, 0) is 32.3 Å². The first-order valence-corrected chi connectivity index (χ1v) is 8.65. The zero-order valence-electron chi connectivity index (χ0n) is 15.8. The second-order valence-corrected chi connectivity index (χ2v) is 7.08. The van der Waals surface area contributed by atoms with Crippen LogP contribution in [0.15, 0.2) is 30.3 Å². The molecule has 0 saturated carbocycles. The molecule has 0 spiro atoms. The third-order valence-electron chi connectivity index (χ3n) is 3.71. The summed E-state index contributed by atoms with van der Waals surface area (Å²) in [6, 6.07) is 9.24. The second kappa shape index (κ2) is 9.91. The normalized spacial score (nSPS) is 13.5. The predicted molar refractivity (Wildman–Crippen MR) is 97.2 cm³/mol. The average Bonchev–Trinajstić information content (AvgIpc) is 2.55. The van der Waals surface area contributed by atoms with Gasteiger partial charge in [-0.1, -0.05) is 50.6 Å². The SMILES string of the molecule is CCC(C)[C@@H](CNC(=O)OC(C)(C)C)NC(=O)OCc1ccccc1. The molecule has 0 saturated heterocycles. The second-order valence-electron chi connectivity index (χ2n) is 7.08. The van der Waals surface area contributed by atoms with E-state index in [0.717, 1.165) is 12.0 Å². The fourth-order valence-corrected chi connectivity index (χ4v) is 2.10. The van der Waals surface area contributed by atoms with Gasteiger partial charge in [0, 0.05) is 6.54 Å². The van der Waals surface area contributed by atoms with Crippen molar-refractivity contribution in [3.63, 3.8) is 0 Å². The highest BCUT2D eigenvalue weighted by atomic mass is 16.6. The van der Waals surface area contributed by atoms with Gasteiger partial charge < -0.3 is 20.1 Å². The minimum Gasteiger partial charge on any atom is -0.445 e. The van der Waals surface area contributed by atoms with Crippen LogP contribution in [-0.2, 0) is 16.1 Å². The topological polar surface area (TPSA) is 76.7 Å². The Bertz CT molecular complexity index is 540. The van der Waals surface area contributed by atoms with Crippen LogP contribution in [0, 0.1) is 5.92 Å². The molecule has 0 bridgehead atoms. The fraction of sp³-hybridized carbons (Fsp3) is 0.579. The van der Waals surface area contributed by atoms with Crippen LogP contribution >= 0.6 is 0 Å². The Morgan fingerprint density at radius 1 is 1.12 bits per heavy atom. The van der Waals surface area contributed by atoms with E-state index in [1.165, 1.54) is 0 Å². The molecular weight excluding hydrogens is 320 g/mol. The number of alkyl carbamates (subject to hydrolysis) is 2. The third-order valence-corrected chi connectivity index (χ3v) is 3.71. The van der Waals surface area contributed by atoms with Crippen molar-refractivity contribution in [2.24, 2.45) is 5.92 Å². The van der Waals surface area contributed by atoms with Gasteiger partial charge in [-0.15, -0.1) is 0 Å². The van der Waals surface area contributed by atoms with Crippen LogP contribution in [-0.4, -0.2) is 30.4 Å². The molecule has 6 heteroatoms. The quantitative estimate of drug-likeness (QED) is 0.783. The van der Waals surface area contributed by atoms with E-state index in [1.807, 2.05) is 44.2 Å². The molecule has 0 fully saturated rings. The van der Waals surface area contributed by atoms with Crippen LogP contribution in [0.4, 0.5) is 9.59 Å². The van der Waals surface area contributed by atoms with Crippen molar-refractivity contribution in [3.05, 3.63) is 35.9 Å². The lowest BCUT2D eigenvalue weighted by Gasteiger charge is -2.25.